The maximum Gasteiger partial charge on any atom is 0.408 e. The van der Waals surface area contributed by atoms with E-state index in [9.17, 15) is 9.59 Å². The van der Waals surface area contributed by atoms with Crippen molar-refractivity contribution in [3.05, 3.63) is 42.5 Å². The molecule has 31 heavy (non-hydrogen) atoms. The van der Waals surface area contributed by atoms with E-state index in [4.69, 9.17) is 10.5 Å². The van der Waals surface area contributed by atoms with E-state index in [2.05, 4.69) is 38.7 Å². The number of aromatic nitrogens is 1. The van der Waals surface area contributed by atoms with Crippen molar-refractivity contribution in [3.63, 3.8) is 0 Å². The van der Waals surface area contributed by atoms with E-state index in [1.165, 1.54) is 0 Å². The lowest BCUT2D eigenvalue weighted by atomic mass is 10.2. The number of amides is 2. The van der Waals surface area contributed by atoms with Crippen molar-refractivity contribution in [2.45, 2.75) is 33.3 Å². The first kappa shape index (κ1) is 25.5. The Bertz CT molecular complexity index is 821. The summed E-state index contributed by atoms with van der Waals surface area (Å²) in [6.07, 6.45) is -0.670. The molecule has 1 aromatic carbocycles. The van der Waals surface area contributed by atoms with Crippen molar-refractivity contribution < 1.29 is 14.3 Å². The minimum Gasteiger partial charge on any atom is -0.444 e. The van der Waals surface area contributed by atoms with Crippen LogP contribution in [0.3, 0.4) is 0 Å². The van der Waals surface area contributed by atoms with Crippen LogP contribution < -0.4 is 32.5 Å². The molecule has 10 nitrogen and oxygen atoms in total. The number of carbonyl (C=O) groups is 2. The van der Waals surface area contributed by atoms with Gasteiger partial charge in [-0.2, -0.15) is 0 Å². The summed E-state index contributed by atoms with van der Waals surface area (Å²) in [5, 5.41) is 7.85. The minimum absolute atomic E-state index is 0.205. The van der Waals surface area contributed by atoms with Crippen LogP contribution in [0.2, 0.25) is 0 Å². The number of rotatable bonds is 7. The maximum atomic E-state index is 11.9. The highest BCUT2D eigenvalue weighted by atomic mass is 16.6. The molecule has 0 unspecified atom stereocenters. The number of nitrogen functional groups attached to an aromatic ring is 1. The lowest BCUT2D eigenvalue weighted by molar-refractivity contribution is -0.115. The van der Waals surface area contributed by atoms with Crippen LogP contribution in [0.1, 0.15) is 27.7 Å². The maximum absolute atomic E-state index is 11.9. The Labute approximate surface area is 183 Å². The quantitative estimate of drug-likeness (QED) is 0.367. The van der Waals surface area contributed by atoms with Crippen LogP contribution in [0.4, 0.5) is 27.8 Å². The third-order valence-electron chi connectivity index (χ3n) is 3.45. The summed E-state index contributed by atoms with van der Waals surface area (Å²) in [4.78, 5) is 27.5. The fraction of sp³-hybridized carbons (Fsp3) is 0.381. The lowest BCUT2D eigenvalue weighted by Crippen LogP contribution is -2.37. The molecule has 0 fully saturated rings. The summed E-state index contributed by atoms with van der Waals surface area (Å²) in [7, 11) is 1.93. The smallest absolute Gasteiger partial charge is 0.408 e. The molecule has 10 heteroatoms. The molecule has 7 N–H and O–H groups in total. The number of nitrogens with zero attached hydrogens (tertiary/aromatic N) is 1. The molecular weight excluding hydrogens is 398 g/mol. The molecule has 2 aromatic rings. The summed E-state index contributed by atoms with van der Waals surface area (Å²) < 4.78 is 5.06. The molecule has 0 aliphatic rings. The fourth-order valence-corrected chi connectivity index (χ4v) is 1.96. The molecule has 2 rings (SSSR count). The van der Waals surface area contributed by atoms with Gasteiger partial charge < -0.3 is 31.8 Å². The van der Waals surface area contributed by atoms with E-state index in [0.29, 0.717) is 5.69 Å². The molecule has 1 heterocycles. The molecule has 0 bridgehead atoms. The number of nitrogens with one attached hydrogen (secondary N) is 5. The molecule has 0 radical (unpaired) electrons. The highest BCUT2D eigenvalue weighted by molar-refractivity contribution is 5.93. The number of alkyl carbamates (subject to hydrolysis) is 1. The molecule has 1 aromatic heterocycles. The van der Waals surface area contributed by atoms with Gasteiger partial charge in [-0.25, -0.2) is 9.78 Å². The second-order valence-corrected chi connectivity index (χ2v) is 7.36. The molecular formula is C21H33N7O3. The Morgan fingerprint density at radius 3 is 2.26 bits per heavy atom. The monoisotopic (exact) mass is 431 g/mol. The second-order valence-electron chi connectivity index (χ2n) is 7.36. The number of carbonyl (C=O) groups excluding carboxylic acids is 2. The van der Waals surface area contributed by atoms with Crippen molar-refractivity contribution >= 4 is 35.0 Å². The first-order valence-electron chi connectivity index (χ1n) is 9.89. The Morgan fingerprint density at radius 2 is 1.71 bits per heavy atom. The van der Waals surface area contributed by atoms with Gasteiger partial charge in [0.05, 0.1) is 11.4 Å². The minimum atomic E-state index is -0.670. The molecule has 0 saturated carbocycles. The predicted octanol–water partition coefficient (Wildman–Crippen LogP) is 2.79. The van der Waals surface area contributed by atoms with E-state index in [0.717, 1.165) is 12.2 Å². The van der Waals surface area contributed by atoms with Crippen LogP contribution in [0.15, 0.2) is 42.5 Å². The molecule has 0 spiro atoms. The zero-order valence-electron chi connectivity index (χ0n) is 18.7. The van der Waals surface area contributed by atoms with Gasteiger partial charge in [0, 0.05) is 0 Å². The van der Waals surface area contributed by atoms with Gasteiger partial charge >= 0.3 is 6.09 Å². The normalized spacial score (nSPS) is 10.2. The average Bonchev–Trinajstić information content (AvgIpc) is 2.71. The van der Waals surface area contributed by atoms with Crippen molar-refractivity contribution in [2.75, 3.05) is 42.0 Å². The van der Waals surface area contributed by atoms with Crippen LogP contribution in [0.5, 0.6) is 0 Å². The van der Waals surface area contributed by atoms with Crippen molar-refractivity contribution in [3.8, 4) is 0 Å². The van der Waals surface area contributed by atoms with Crippen molar-refractivity contribution in [1.82, 2.24) is 15.6 Å². The van der Waals surface area contributed by atoms with Crippen LogP contribution >= 0.6 is 0 Å². The van der Waals surface area contributed by atoms with Gasteiger partial charge in [-0.1, -0.05) is 25.1 Å². The van der Waals surface area contributed by atoms with Gasteiger partial charge in [0.1, 0.15) is 18.0 Å². The van der Waals surface area contributed by atoms with Gasteiger partial charge in [-0.3, -0.25) is 10.2 Å². The Kier molecular flexibility index (Phi) is 10.6. The summed E-state index contributed by atoms with van der Waals surface area (Å²) in [5.41, 5.74) is 12.6. The van der Waals surface area contributed by atoms with Crippen LogP contribution in [0.25, 0.3) is 0 Å². The number of pyridine rings is 1. The van der Waals surface area contributed by atoms with Crippen LogP contribution in [0, 0.1) is 0 Å². The predicted molar refractivity (Wildman–Crippen MR) is 125 cm³/mol. The molecule has 0 saturated heterocycles. The lowest BCUT2D eigenvalue weighted by Gasteiger charge is -2.19. The standard InChI is InChI=1S/C18H24N6O3.C3H9N/c1-18(2,3)27-17(26)20-11-15(25)21-14-10-9-13(16(19)22-14)24-23-12-7-5-4-6-8-12;1-3-4-2/h4-10,23-24H,11H2,1-3H3,(H,20,26)(H3,19,21,22,25);4H,3H2,1-2H3. The molecule has 2 amide bonds. The fourth-order valence-electron chi connectivity index (χ4n) is 1.96. The number of hydrazine groups is 1. The number of ether oxygens (including phenoxy) is 1. The molecule has 0 aliphatic heterocycles. The van der Waals surface area contributed by atoms with Crippen LogP contribution in [-0.2, 0) is 9.53 Å². The van der Waals surface area contributed by atoms with Gasteiger partial charge in [0.25, 0.3) is 0 Å². The van der Waals surface area contributed by atoms with E-state index >= 15 is 0 Å². The summed E-state index contributed by atoms with van der Waals surface area (Å²) in [6, 6.07) is 12.8. The summed E-state index contributed by atoms with van der Waals surface area (Å²) in [5.74, 6) is 0.0287. The highest BCUT2D eigenvalue weighted by Gasteiger charge is 2.16. The topological polar surface area (TPSA) is 142 Å². The Hall–Kier alpha value is -3.53. The zero-order chi connectivity index (χ0) is 23.3. The van der Waals surface area contributed by atoms with Gasteiger partial charge in [0.2, 0.25) is 5.91 Å². The van der Waals surface area contributed by atoms with E-state index in [1.807, 2.05) is 37.4 Å². The van der Waals surface area contributed by atoms with Crippen LogP contribution in [-0.4, -0.2) is 42.7 Å². The number of hydrogen-bond acceptors (Lipinski definition) is 8. The first-order chi connectivity index (χ1) is 14.6. The molecule has 170 valence electrons. The van der Waals surface area contributed by atoms with E-state index < -0.39 is 17.6 Å². The number of anilines is 4. The second kappa shape index (κ2) is 12.9. The Morgan fingerprint density at radius 1 is 1.06 bits per heavy atom. The molecule has 0 atom stereocenters. The third kappa shape index (κ3) is 11.3. The molecule has 0 aliphatic carbocycles. The van der Waals surface area contributed by atoms with Gasteiger partial charge in [0.15, 0.2) is 5.82 Å². The highest BCUT2D eigenvalue weighted by Crippen LogP contribution is 2.19. The number of benzene rings is 1. The summed E-state index contributed by atoms with van der Waals surface area (Å²) >= 11 is 0. The Balaban J connectivity index is 0.00000110. The summed E-state index contributed by atoms with van der Waals surface area (Å²) in [6.45, 7) is 8.11. The zero-order valence-corrected chi connectivity index (χ0v) is 18.7. The van der Waals surface area contributed by atoms with Crippen molar-refractivity contribution in [2.24, 2.45) is 0 Å². The first-order valence-corrected chi connectivity index (χ1v) is 9.89. The number of para-hydroxylation sites is 1. The number of hydrogen-bond donors (Lipinski definition) is 6. The van der Waals surface area contributed by atoms with E-state index in [1.54, 1.807) is 32.9 Å². The van der Waals surface area contributed by atoms with Crippen molar-refractivity contribution in [1.29, 1.82) is 0 Å². The largest absolute Gasteiger partial charge is 0.444 e. The average molecular weight is 432 g/mol. The third-order valence-corrected chi connectivity index (χ3v) is 3.45. The van der Waals surface area contributed by atoms with E-state index in [-0.39, 0.29) is 18.2 Å². The number of nitrogens with two attached hydrogens (primary N) is 1. The van der Waals surface area contributed by atoms with Gasteiger partial charge in [-0.05, 0) is 58.6 Å². The van der Waals surface area contributed by atoms with Gasteiger partial charge in [-0.15, -0.1) is 0 Å². The SMILES string of the molecule is CC(C)(C)OC(=O)NCC(=O)Nc1ccc(NNc2ccccc2)c(N)n1.CCNC.